The van der Waals surface area contributed by atoms with Crippen LogP contribution >= 0.6 is 11.8 Å². The quantitative estimate of drug-likeness (QED) is 0.130. The van der Waals surface area contributed by atoms with E-state index in [1.807, 2.05) is 13.8 Å². The number of aromatic amines is 1. The van der Waals surface area contributed by atoms with Gasteiger partial charge in [0.25, 0.3) is 0 Å². The van der Waals surface area contributed by atoms with E-state index >= 15 is 0 Å². The van der Waals surface area contributed by atoms with Crippen LogP contribution in [-0.2, 0) is 49.6 Å². The van der Waals surface area contributed by atoms with Gasteiger partial charge in [0, 0.05) is 50.3 Å². The molecule has 2 aromatic rings. The van der Waals surface area contributed by atoms with E-state index in [1.54, 1.807) is 26.8 Å². The van der Waals surface area contributed by atoms with Crippen molar-refractivity contribution in [2.45, 2.75) is 114 Å². The van der Waals surface area contributed by atoms with Crippen LogP contribution in [0.5, 0.6) is 5.75 Å². The summed E-state index contributed by atoms with van der Waals surface area (Å²) < 4.78 is 0. The smallest absolute Gasteiger partial charge is 0.246 e. The molecule has 24 heteroatoms. The Labute approximate surface area is 385 Å². The minimum atomic E-state index is -1.70. The molecular weight excluding hydrogens is 885 g/mol. The molecule has 0 radical (unpaired) electrons. The molecule has 66 heavy (non-hydrogen) atoms. The maximum Gasteiger partial charge on any atom is 0.246 e. The van der Waals surface area contributed by atoms with Crippen LogP contribution in [0.25, 0.3) is 10.9 Å². The summed E-state index contributed by atoms with van der Waals surface area (Å²) in [5.74, 6) is -9.61. The fraction of sp³-hybridized carbons (Fsp3) is 0.595. The zero-order chi connectivity index (χ0) is 49.4. The molecule has 366 valence electrons. The summed E-state index contributed by atoms with van der Waals surface area (Å²) in [4.78, 5) is 128. The summed E-state index contributed by atoms with van der Waals surface area (Å²) in [5.41, 5.74) is 6.29. The van der Waals surface area contributed by atoms with Gasteiger partial charge in [-0.3, -0.25) is 43.2 Å². The minimum absolute atomic E-state index is 0.00653. The molecule has 0 aliphatic carbocycles. The lowest BCUT2D eigenvalue weighted by atomic mass is 9.96. The number of benzene rings is 1. The van der Waals surface area contributed by atoms with Gasteiger partial charge in [0.2, 0.25) is 53.2 Å². The number of H-pyrrole nitrogens is 1. The summed E-state index contributed by atoms with van der Waals surface area (Å²) in [6, 6.07) is -4.37. The number of aliphatic hydroxyl groups excluding tert-OH is 3. The number of hydrogen-bond donors (Lipinski definition) is 13. The Hall–Kier alpha value is -5.98. The highest BCUT2D eigenvalue weighted by Crippen LogP contribution is 2.33. The van der Waals surface area contributed by atoms with Crippen molar-refractivity contribution in [3.05, 3.63) is 23.8 Å². The van der Waals surface area contributed by atoms with Crippen LogP contribution < -0.4 is 43.0 Å². The molecule has 0 saturated carbocycles. The van der Waals surface area contributed by atoms with Crippen LogP contribution in [0.15, 0.2) is 23.2 Å². The van der Waals surface area contributed by atoms with Crippen molar-refractivity contribution in [3.8, 4) is 5.75 Å². The molecule has 1 aromatic carbocycles. The van der Waals surface area contributed by atoms with Crippen LogP contribution in [0.3, 0.4) is 0 Å². The number of phenolic OH excluding ortho intramolecular Hbond substituents is 1. The summed E-state index contributed by atoms with van der Waals surface area (Å²) in [6.45, 7) is 6.91. The Morgan fingerprint density at radius 3 is 2.11 bits per heavy atom. The number of amides is 9. The van der Waals surface area contributed by atoms with Crippen molar-refractivity contribution in [1.82, 2.24) is 47.1 Å². The average Bonchev–Trinajstić information content (AvgIpc) is 3.85. The molecule has 23 nitrogen and oxygen atoms in total. The first-order valence-corrected chi connectivity index (χ1v) is 22.7. The lowest BCUT2D eigenvalue weighted by molar-refractivity contribution is -0.143. The molecule has 9 amide bonds. The number of carbonyl (C=O) groups excluding carboxylic acids is 9. The number of nitrogens with two attached hydrogens (primary N) is 1. The maximum atomic E-state index is 14.4. The molecule has 1 saturated heterocycles. The van der Waals surface area contributed by atoms with Gasteiger partial charge in [-0.1, -0.05) is 41.0 Å². The van der Waals surface area contributed by atoms with Gasteiger partial charge in [-0.05, 0) is 36.0 Å². The van der Waals surface area contributed by atoms with E-state index in [0.717, 1.165) is 23.8 Å². The van der Waals surface area contributed by atoms with Gasteiger partial charge in [0.15, 0.2) is 0 Å². The van der Waals surface area contributed by atoms with E-state index < -0.39 is 140 Å². The number of carbonyl (C=O) groups is 9. The third-order valence-corrected chi connectivity index (χ3v) is 12.4. The third kappa shape index (κ3) is 14.3. The lowest BCUT2D eigenvalue weighted by Gasteiger charge is -2.32. The summed E-state index contributed by atoms with van der Waals surface area (Å²) in [7, 11) is 1.00. The van der Waals surface area contributed by atoms with E-state index in [-0.39, 0.29) is 30.8 Å². The highest BCUT2D eigenvalue weighted by Gasteiger charge is 2.44. The van der Waals surface area contributed by atoms with Crippen molar-refractivity contribution in [3.63, 3.8) is 0 Å². The molecule has 3 aliphatic rings. The highest BCUT2D eigenvalue weighted by molar-refractivity contribution is 7.99. The molecule has 1 fully saturated rings. The molecule has 0 spiro atoms. The Morgan fingerprint density at radius 1 is 0.833 bits per heavy atom. The van der Waals surface area contributed by atoms with Crippen LogP contribution in [0, 0.1) is 11.8 Å². The fourth-order valence-electron chi connectivity index (χ4n) is 7.57. The van der Waals surface area contributed by atoms with Crippen molar-refractivity contribution >= 4 is 75.8 Å². The zero-order valence-corrected chi connectivity index (χ0v) is 38.7. The lowest BCUT2D eigenvalue weighted by Crippen LogP contribution is -2.61. The van der Waals surface area contributed by atoms with Gasteiger partial charge in [-0.25, -0.2) is 0 Å². The van der Waals surface area contributed by atoms with E-state index in [9.17, 15) is 58.5 Å². The van der Waals surface area contributed by atoms with E-state index in [2.05, 4.69) is 42.2 Å². The number of fused-ring (bicyclic) bond motifs is 5. The predicted octanol–water partition coefficient (Wildman–Crippen LogP) is -3.27. The number of aromatic nitrogens is 1. The second kappa shape index (κ2) is 25.6. The number of nitrogens with one attached hydrogen (secondary N) is 8. The summed E-state index contributed by atoms with van der Waals surface area (Å²) in [5, 5.41) is 56.6. The first kappa shape index (κ1) is 54.4. The Bertz CT molecular complexity index is 2090. The standard InChI is InChI=1S/C39H54N10O12S.C2H6.CH4O/c1-4-17(2)31-36(59)42-13-29(54)43-26-16-62-38-22(21-6-5-19(51)9-23(21)46-38)11-24(33(56)41-14-30(55)47-31)44-37(60)32(18(3)7-8-50)48-35(58)27-10-20(52)15-49(27)39(61)25(12-28(40)53)45-34(26)57;2*1-2/h5-6,9,17-18,20,24-27,31-32,46,50-52H,4,7-8,10-16H2,1-3H3,(H2,40,53)(H,41,56)(H,42,59)(H,43,54)(H,44,60)(H,45,57)(H,47,55)(H,48,58);1-2H3;2H,1H3/t17?,18-,20+,24?,25?,26-,27?,31?,32?;;/m0../s1. The average molecular weight is 949 g/mol. The maximum absolute atomic E-state index is 14.4. The van der Waals surface area contributed by atoms with Crippen molar-refractivity contribution < 1.29 is 63.6 Å². The third-order valence-electron chi connectivity index (χ3n) is 11.2. The summed E-state index contributed by atoms with van der Waals surface area (Å²) >= 11 is 0.982. The molecule has 9 atom stereocenters. The van der Waals surface area contributed by atoms with Gasteiger partial charge >= 0.3 is 0 Å². The monoisotopic (exact) mass is 948 g/mol. The first-order chi connectivity index (χ1) is 31.4. The minimum Gasteiger partial charge on any atom is -0.508 e. The van der Waals surface area contributed by atoms with E-state index in [1.165, 1.54) is 12.1 Å². The molecule has 4 heterocycles. The predicted molar refractivity (Wildman–Crippen MR) is 240 cm³/mol. The number of primary amides is 1. The number of hydrogen-bond acceptors (Lipinski definition) is 14. The molecule has 6 unspecified atom stereocenters. The molecule has 3 aliphatic heterocycles. The Balaban J connectivity index is 0.00000281. The Morgan fingerprint density at radius 2 is 1.47 bits per heavy atom. The number of aromatic hydroxyl groups is 1. The second-order valence-corrected chi connectivity index (χ2v) is 16.9. The molecule has 5 rings (SSSR count). The number of rotatable bonds is 7. The fourth-order valence-corrected chi connectivity index (χ4v) is 8.69. The molecular formula is C42H64N10O13S. The van der Waals surface area contributed by atoms with Crippen molar-refractivity contribution in [2.24, 2.45) is 17.6 Å². The zero-order valence-electron chi connectivity index (χ0n) is 37.9. The Kier molecular flexibility index (Phi) is 21.1. The van der Waals surface area contributed by atoms with Crippen LogP contribution in [0.4, 0.5) is 0 Å². The summed E-state index contributed by atoms with van der Waals surface area (Å²) in [6.07, 6.45) is -2.16. The van der Waals surface area contributed by atoms with Crippen molar-refractivity contribution in [2.75, 3.05) is 39.1 Å². The second-order valence-electron chi connectivity index (χ2n) is 15.8. The van der Waals surface area contributed by atoms with Gasteiger partial charge in [0.1, 0.15) is 42.0 Å². The van der Waals surface area contributed by atoms with E-state index in [0.29, 0.717) is 27.9 Å². The highest BCUT2D eigenvalue weighted by atomic mass is 32.2. The number of nitrogens with zero attached hydrogens (tertiary/aromatic N) is 1. The van der Waals surface area contributed by atoms with Crippen LogP contribution in [0.1, 0.15) is 65.9 Å². The molecule has 14 N–H and O–H groups in total. The molecule has 1 aromatic heterocycles. The van der Waals surface area contributed by atoms with Gasteiger partial charge in [0.05, 0.1) is 36.2 Å². The number of phenols is 1. The van der Waals surface area contributed by atoms with Crippen molar-refractivity contribution in [1.29, 1.82) is 0 Å². The number of thioether (sulfide) groups is 1. The normalized spacial score (nSPS) is 25.8. The van der Waals surface area contributed by atoms with Gasteiger partial charge < -0.3 is 73.3 Å². The topological polar surface area (TPSA) is 364 Å². The first-order valence-electron chi connectivity index (χ1n) is 21.7. The molecule has 2 bridgehead atoms. The van der Waals surface area contributed by atoms with Gasteiger partial charge in [-0.2, -0.15) is 0 Å². The SMILES string of the molecule is CC.CCC(C)C1NC(=O)CNC(=O)C2Cc3c([nH]c4cc(O)ccc34)SC[C@H](NC(=O)CNC1=O)C(=O)NC(CC(N)=O)C(=O)N1C[C@H](O)CC1C(=O)NC([C@@H](C)CCO)C(=O)N2.CO. The number of aliphatic hydroxyl groups is 3. The van der Waals surface area contributed by atoms with Crippen LogP contribution in [0.2, 0.25) is 0 Å². The van der Waals surface area contributed by atoms with Crippen LogP contribution in [-0.4, -0.2) is 165 Å². The van der Waals surface area contributed by atoms with Gasteiger partial charge in [-0.15, -0.1) is 11.8 Å². The van der Waals surface area contributed by atoms with E-state index in [4.69, 9.17) is 10.8 Å². The largest absolute Gasteiger partial charge is 0.508 e.